The monoisotopic (exact) mass is 283 g/mol. The van der Waals surface area contributed by atoms with Crippen LogP contribution in [0.25, 0.3) is 10.2 Å². The number of nitrogens with zero attached hydrogens (tertiary/aromatic N) is 3. The molecule has 0 aliphatic heterocycles. The Balaban J connectivity index is 2.44. The van der Waals surface area contributed by atoms with Gasteiger partial charge in [-0.05, 0) is 30.5 Å². The zero-order valence-electron chi connectivity index (χ0n) is 11.0. The first-order valence-electron chi connectivity index (χ1n) is 6.32. The molecule has 0 bridgehead atoms. The van der Waals surface area contributed by atoms with Gasteiger partial charge in [-0.25, -0.2) is 4.98 Å². The van der Waals surface area contributed by atoms with Gasteiger partial charge in [0.15, 0.2) is 0 Å². The van der Waals surface area contributed by atoms with Gasteiger partial charge in [-0.2, -0.15) is 4.98 Å². The van der Waals surface area contributed by atoms with E-state index in [2.05, 4.69) is 41.8 Å². The summed E-state index contributed by atoms with van der Waals surface area (Å²) in [7, 11) is 2.07. The summed E-state index contributed by atoms with van der Waals surface area (Å²) in [5.41, 5.74) is 0. The van der Waals surface area contributed by atoms with Gasteiger partial charge in [-0.15, -0.1) is 11.3 Å². The minimum absolute atomic E-state index is 0.338. The molecule has 0 atom stereocenters. The summed E-state index contributed by atoms with van der Waals surface area (Å²) in [6.45, 7) is 5.34. The molecule has 2 heterocycles. The van der Waals surface area contributed by atoms with E-state index in [1.807, 2.05) is 0 Å². The maximum absolute atomic E-state index is 6.01. The van der Waals surface area contributed by atoms with Crippen molar-refractivity contribution in [1.82, 2.24) is 9.97 Å². The van der Waals surface area contributed by atoms with Crippen molar-refractivity contribution in [2.45, 2.75) is 33.1 Å². The third kappa shape index (κ3) is 2.75. The second-order valence-electron chi connectivity index (χ2n) is 4.38. The Hall–Kier alpha value is -0.870. The maximum Gasteiger partial charge on any atom is 0.225 e. The van der Waals surface area contributed by atoms with Gasteiger partial charge in [0.05, 0.1) is 5.39 Å². The van der Waals surface area contributed by atoms with Gasteiger partial charge in [-0.1, -0.05) is 20.3 Å². The number of aryl methyl sites for hydroxylation is 1. The first-order valence-corrected chi connectivity index (χ1v) is 7.52. The number of thiophene rings is 1. The third-order valence-electron chi connectivity index (χ3n) is 2.95. The predicted molar refractivity (Wildman–Crippen MR) is 80.0 cm³/mol. The van der Waals surface area contributed by atoms with Crippen molar-refractivity contribution >= 4 is 39.0 Å². The molecule has 2 rings (SSSR count). The van der Waals surface area contributed by atoms with Crippen LogP contribution in [0.1, 0.15) is 31.6 Å². The highest BCUT2D eigenvalue weighted by Crippen LogP contribution is 2.31. The zero-order chi connectivity index (χ0) is 13.1. The van der Waals surface area contributed by atoms with Crippen LogP contribution in [0, 0.1) is 0 Å². The molecule has 0 unspecified atom stereocenters. The molecule has 18 heavy (non-hydrogen) atoms. The molecule has 0 amide bonds. The Labute approximate surface area is 117 Å². The van der Waals surface area contributed by atoms with E-state index in [0.29, 0.717) is 5.28 Å². The van der Waals surface area contributed by atoms with E-state index < -0.39 is 0 Å². The van der Waals surface area contributed by atoms with Gasteiger partial charge < -0.3 is 4.90 Å². The van der Waals surface area contributed by atoms with Crippen LogP contribution in [-0.2, 0) is 6.42 Å². The quantitative estimate of drug-likeness (QED) is 0.772. The van der Waals surface area contributed by atoms with Crippen molar-refractivity contribution < 1.29 is 0 Å². The summed E-state index contributed by atoms with van der Waals surface area (Å²) < 4.78 is 0. The van der Waals surface area contributed by atoms with Crippen molar-refractivity contribution in [3.63, 3.8) is 0 Å². The van der Waals surface area contributed by atoms with Crippen LogP contribution in [0.3, 0.4) is 0 Å². The molecule has 0 N–H and O–H groups in total. The molecule has 5 heteroatoms. The Bertz CT molecular complexity index is 538. The standard InChI is InChI=1S/C13H18ClN3S/c1-4-6-7-17(3)11-10-8-9(5-2)18-12(10)16-13(14)15-11/h8H,4-7H2,1-3H3. The molecule has 0 aromatic carbocycles. The van der Waals surface area contributed by atoms with Crippen LogP contribution in [0.5, 0.6) is 0 Å². The molecule has 2 aromatic heterocycles. The van der Waals surface area contributed by atoms with Gasteiger partial charge >= 0.3 is 0 Å². The molecule has 98 valence electrons. The molecule has 0 aliphatic rings. The van der Waals surface area contributed by atoms with Gasteiger partial charge in [0.2, 0.25) is 5.28 Å². The van der Waals surface area contributed by atoms with Crippen LogP contribution in [0.4, 0.5) is 5.82 Å². The summed E-state index contributed by atoms with van der Waals surface area (Å²) >= 11 is 7.72. The highest BCUT2D eigenvalue weighted by molar-refractivity contribution is 7.18. The lowest BCUT2D eigenvalue weighted by Gasteiger charge is -2.18. The molecule has 0 radical (unpaired) electrons. The van der Waals surface area contributed by atoms with E-state index in [1.165, 1.54) is 11.3 Å². The van der Waals surface area contributed by atoms with E-state index in [1.54, 1.807) is 11.3 Å². The van der Waals surface area contributed by atoms with Gasteiger partial charge in [0, 0.05) is 18.5 Å². The summed E-state index contributed by atoms with van der Waals surface area (Å²) in [5, 5.41) is 1.46. The number of unbranched alkanes of at least 4 members (excludes halogenated alkanes) is 1. The normalized spacial score (nSPS) is 11.1. The number of anilines is 1. The van der Waals surface area contributed by atoms with Gasteiger partial charge in [-0.3, -0.25) is 0 Å². The van der Waals surface area contributed by atoms with E-state index in [-0.39, 0.29) is 0 Å². The molecule has 0 saturated heterocycles. The maximum atomic E-state index is 6.01. The predicted octanol–water partition coefficient (Wildman–Crippen LogP) is 4.14. The third-order valence-corrected chi connectivity index (χ3v) is 4.30. The Morgan fingerprint density at radius 3 is 2.78 bits per heavy atom. The largest absolute Gasteiger partial charge is 0.359 e. The second kappa shape index (κ2) is 5.85. The highest BCUT2D eigenvalue weighted by atomic mass is 35.5. The van der Waals surface area contributed by atoms with Crippen LogP contribution < -0.4 is 4.90 Å². The molecular formula is C13H18ClN3S. The Morgan fingerprint density at radius 2 is 2.11 bits per heavy atom. The van der Waals surface area contributed by atoms with Crippen LogP contribution in [0.15, 0.2) is 6.07 Å². The summed E-state index contributed by atoms with van der Waals surface area (Å²) in [5.74, 6) is 0.953. The molecule has 0 spiro atoms. The van der Waals surface area contributed by atoms with E-state index in [9.17, 15) is 0 Å². The topological polar surface area (TPSA) is 29.0 Å². The lowest BCUT2D eigenvalue weighted by molar-refractivity contribution is 0.761. The number of hydrogen-bond acceptors (Lipinski definition) is 4. The molecule has 0 aliphatic carbocycles. The van der Waals surface area contributed by atoms with Crippen molar-refractivity contribution in [3.05, 3.63) is 16.2 Å². The lowest BCUT2D eigenvalue weighted by Crippen LogP contribution is -2.20. The minimum atomic E-state index is 0.338. The highest BCUT2D eigenvalue weighted by Gasteiger charge is 2.13. The number of aromatic nitrogens is 2. The molecule has 3 nitrogen and oxygen atoms in total. The van der Waals surface area contributed by atoms with E-state index in [0.717, 1.165) is 35.4 Å². The summed E-state index contributed by atoms with van der Waals surface area (Å²) in [4.78, 5) is 13.2. The van der Waals surface area contributed by atoms with Gasteiger partial charge in [0.25, 0.3) is 0 Å². The fraction of sp³-hybridized carbons (Fsp3) is 0.538. The number of rotatable bonds is 5. The number of halogens is 1. The van der Waals surface area contributed by atoms with E-state index >= 15 is 0 Å². The van der Waals surface area contributed by atoms with Gasteiger partial charge in [0.1, 0.15) is 10.6 Å². The molecule has 0 fully saturated rings. The first kappa shape index (κ1) is 13.6. The summed E-state index contributed by atoms with van der Waals surface area (Å²) in [6, 6.07) is 2.19. The van der Waals surface area contributed by atoms with Crippen molar-refractivity contribution in [2.75, 3.05) is 18.5 Å². The van der Waals surface area contributed by atoms with Crippen LogP contribution >= 0.6 is 22.9 Å². The lowest BCUT2D eigenvalue weighted by atomic mass is 10.2. The van der Waals surface area contributed by atoms with Crippen molar-refractivity contribution in [2.24, 2.45) is 0 Å². The SMILES string of the molecule is CCCCN(C)c1nc(Cl)nc2sc(CC)cc12. The summed E-state index contributed by atoms with van der Waals surface area (Å²) in [6.07, 6.45) is 3.36. The fourth-order valence-electron chi connectivity index (χ4n) is 1.90. The van der Waals surface area contributed by atoms with E-state index in [4.69, 9.17) is 11.6 Å². The average molecular weight is 284 g/mol. The molecule has 0 saturated carbocycles. The Morgan fingerprint density at radius 1 is 1.33 bits per heavy atom. The Kier molecular flexibility index (Phi) is 4.40. The minimum Gasteiger partial charge on any atom is -0.359 e. The smallest absolute Gasteiger partial charge is 0.225 e. The second-order valence-corrected chi connectivity index (χ2v) is 5.83. The van der Waals surface area contributed by atoms with Crippen LogP contribution in [-0.4, -0.2) is 23.6 Å². The fourth-order valence-corrected chi connectivity index (χ4v) is 3.07. The number of fused-ring (bicyclic) bond motifs is 1. The number of hydrogen-bond donors (Lipinski definition) is 0. The first-order chi connectivity index (χ1) is 8.65. The molecular weight excluding hydrogens is 266 g/mol. The average Bonchev–Trinajstić information content (AvgIpc) is 2.77. The van der Waals surface area contributed by atoms with Crippen molar-refractivity contribution in [1.29, 1.82) is 0 Å². The van der Waals surface area contributed by atoms with Crippen molar-refractivity contribution in [3.8, 4) is 0 Å². The van der Waals surface area contributed by atoms with Crippen LogP contribution in [0.2, 0.25) is 5.28 Å². The zero-order valence-corrected chi connectivity index (χ0v) is 12.6. The molecule has 2 aromatic rings.